The molecule has 0 amide bonds. The Labute approximate surface area is 108 Å². The molecular weight excluding hydrogens is 224 g/mol. The normalized spacial score (nSPS) is 10.2. The summed E-state index contributed by atoms with van der Waals surface area (Å²) in [4.78, 5) is 0. The number of anilines is 3. The average Bonchev–Trinajstić information content (AvgIpc) is 2.34. The highest BCUT2D eigenvalue weighted by atomic mass is 16.5. The predicted octanol–water partition coefficient (Wildman–Crippen LogP) is 3.64. The van der Waals surface area contributed by atoms with Crippen LogP contribution in [-0.2, 0) is 0 Å². The van der Waals surface area contributed by atoms with Gasteiger partial charge in [0.2, 0.25) is 0 Å². The van der Waals surface area contributed by atoms with Gasteiger partial charge in [0.25, 0.3) is 0 Å². The SMILES string of the molecule is COc1ccc(C)cc1Nc1ccc(C)c(N)c1. The fourth-order valence-corrected chi connectivity index (χ4v) is 1.79. The molecule has 94 valence electrons. The molecule has 0 aromatic heterocycles. The molecule has 2 aromatic carbocycles. The van der Waals surface area contributed by atoms with Gasteiger partial charge < -0.3 is 15.8 Å². The van der Waals surface area contributed by atoms with Crippen molar-refractivity contribution in [2.75, 3.05) is 18.2 Å². The van der Waals surface area contributed by atoms with Gasteiger partial charge in [0.05, 0.1) is 12.8 Å². The topological polar surface area (TPSA) is 47.3 Å². The van der Waals surface area contributed by atoms with Crippen molar-refractivity contribution in [2.45, 2.75) is 13.8 Å². The molecule has 0 aliphatic carbocycles. The summed E-state index contributed by atoms with van der Waals surface area (Å²) in [6.45, 7) is 4.04. The first kappa shape index (κ1) is 12.3. The van der Waals surface area contributed by atoms with Gasteiger partial charge in [-0.05, 0) is 49.2 Å². The fraction of sp³-hybridized carbons (Fsp3) is 0.200. The zero-order chi connectivity index (χ0) is 13.1. The molecule has 0 heterocycles. The molecule has 0 unspecified atom stereocenters. The maximum Gasteiger partial charge on any atom is 0.142 e. The Kier molecular flexibility index (Phi) is 3.42. The molecule has 0 aliphatic rings. The molecule has 0 bridgehead atoms. The molecule has 3 N–H and O–H groups in total. The standard InChI is InChI=1S/C15H18N2O/c1-10-4-7-15(18-3)14(8-10)17-12-6-5-11(2)13(16)9-12/h4-9,17H,16H2,1-3H3. The minimum absolute atomic E-state index is 0.784. The minimum atomic E-state index is 0.784. The van der Waals surface area contributed by atoms with Crippen molar-refractivity contribution in [3.05, 3.63) is 47.5 Å². The zero-order valence-corrected chi connectivity index (χ0v) is 10.9. The van der Waals surface area contributed by atoms with E-state index in [1.165, 1.54) is 5.56 Å². The van der Waals surface area contributed by atoms with Crippen molar-refractivity contribution in [3.8, 4) is 5.75 Å². The van der Waals surface area contributed by atoms with Crippen LogP contribution in [0.5, 0.6) is 5.75 Å². The summed E-state index contributed by atoms with van der Waals surface area (Å²) in [7, 11) is 1.67. The molecule has 0 radical (unpaired) electrons. The third-order valence-electron chi connectivity index (χ3n) is 2.91. The van der Waals surface area contributed by atoms with Gasteiger partial charge in [-0.25, -0.2) is 0 Å². The van der Waals surface area contributed by atoms with Gasteiger partial charge in [0.15, 0.2) is 0 Å². The van der Waals surface area contributed by atoms with E-state index in [1.54, 1.807) is 7.11 Å². The van der Waals surface area contributed by atoms with Crippen LogP contribution in [0.3, 0.4) is 0 Å². The molecule has 0 fully saturated rings. The second-order valence-electron chi connectivity index (χ2n) is 4.40. The van der Waals surface area contributed by atoms with Crippen LogP contribution in [0.2, 0.25) is 0 Å². The summed E-state index contributed by atoms with van der Waals surface area (Å²) >= 11 is 0. The lowest BCUT2D eigenvalue weighted by Gasteiger charge is -2.13. The molecule has 0 saturated heterocycles. The maximum absolute atomic E-state index is 5.90. The van der Waals surface area contributed by atoms with Gasteiger partial charge in [-0.3, -0.25) is 0 Å². The first-order chi connectivity index (χ1) is 8.60. The number of ether oxygens (including phenoxy) is 1. The van der Waals surface area contributed by atoms with Crippen LogP contribution < -0.4 is 15.8 Å². The van der Waals surface area contributed by atoms with Gasteiger partial charge in [0.1, 0.15) is 5.75 Å². The zero-order valence-electron chi connectivity index (χ0n) is 10.9. The van der Waals surface area contributed by atoms with E-state index < -0.39 is 0 Å². The lowest BCUT2D eigenvalue weighted by Crippen LogP contribution is -1.97. The second-order valence-corrected chi connectivity index (χ2v) is 4.40. The van der Waals surface area contributed by atoms with E-state index in [9.17, 15) is 0 Å². The Morgan fingerprint density at radius 2 is 1.83 bits per heavy atom. The predicted molar refractivity (Wildman–Crippen MR) is 76.6 cm³/mol. The van der Waals surface area contributed by atoms with Crippen LogP contribution in [0.4, 0.5) is 17.1 Å². The van der Waals surface area contributed by atoms with Crippen LogP contribution in [0.15, 0.2) is 36.4 Å². The second kappa shape index (κ2) is 5.00. The highest BCUT2D eigenvalue weighted by Gasteiger charge is 2.04. The number of aryl methyl sites for hydroxylation is 2. The molecule has 0 saturated carbocycles. The number of rotatable bonds is 3. The largest absolute Gasteiger partial charge is 0.495 e. The molecule has 3 nitrogen and oxygen atoms in total. The van der Waals surface area contributed by atoms with Crippen molar-refractivity contribution in [2.24, 2.45) is 0 Å². The van der Waals surface area contributed by atoms with Gasteiger partial charge in [-0.1, -0.05) is 12.1 Å². The summed E-state index contributed by atoms with van der Waals surface area (Å²) in [5.41, 5.74) is 10.9. The van der Waals surface area contributed by atoms with Gasteiger partial charge in [0, 0.05) is 11.4 Å². The molecule has 2 aromatic rings. The fourth-order valence-electron chi connectivity index (χ4n) is 1.79. The highest BCUT2D eigenvalue weighted by Crippen LogP contribution is 2.29. The molecule has 3 heteroatoms. The first-order valence-electron chi connectivity index (χ1n) is 5.88. The van der Waals surface area contributed by atoms with Crippen molar-refractivity contribution in [1.82, 2.24) is 0 Å². The van der Waals surface area contributed by atoms with E-state index in [1.807, 2.05) is 44.2 Å². The molecule has 0 atom stereocenters. The van der Waals surface area contributed by atoms with Gasteiger partial charge in [-0.2, -0.15) is 0 Å². The first-order valence-corrected chi connectivity index (χ1v) is 5.88. The average molecular weight is 242 g/mol. The number of nitrogen functional groups attached to an aromatic ring is 1. The minimum Gasteiger partial charge on any atom is -0.495 e. The maximum atomic E-state index is 5.90. The third kappa shape index (κ3) is 2.56. The number of benzene rings is 2. The van der Waals surface area contributed by atoms with E-state index >= 15 is 0 Å². The Hall–Kier alpha value is -2.16. The van der Waals surface area contributed by atoms with Crippen LogP contribution in [0, 0.1) is 13.8 Å². The summed E-state index contributed by atoms with van der Waals surface area (Å²) in [5.74, 6) is 0.819. The summed E-state index contributed by atoms with van der Waals surface area (Å²) in [6, 6.07) is 12.0. The summed E-state index contributed by atoms with van der Waals surface area (Å²) < 4.78 is 5.33. The summed E-state index contributed by atoms with van der Waals surface area (Å²) in [5, 5.41) is 3.33. The Morgan fingerprint density at radius 3 is 2.50 bits per heavy atom. The van der Waals surface area contributed by atoms with Crippen molar-refractivity contribution in [1.29, 1.82) is 0 Å². The van der Waals surface area contributed by atoms with E-state index in [0.717, 1.165) is 28.4 Å². The molecule has 0 spiro atoms. The number of hydrogen-bond donors (Lipinski definition) is 2. The number of hydrogen-bond acceptors (Lipinski definition) is 3. The van der Waals surface area contributed by atoms with Crippen LogP contribution in [0.25, 0.3) is 0 Å². The van der Waals surface area contributed by atoms with Gasteiger partial charge >= 0.3 is 0 Å². The molecular formula is C15H18N2O. The molecule has 18 heavy (non-hydrogen) atoms. The lowest BCUT2D eigenvalue weighted by atomic mass is 10.1. The van der Waals surface area contributed by atoms with E-state index in [2.05, 4.69) is 11.4 Å². The van der Waals surface area contributed by atoms with E-state index in [4.69, 9.17) is 10.5 Å². The van der Waals surface area contributed by atoms with Crippen LogP contribution >= 0.6 is 0 Å². The molecule has 0 aliphatic heterocycles. The van der Waals surface area contributed by atoms with Crippen LogP contribution in [-0.4, -0.2) is 7.11 Å². The smallest absolute Gasteiger partial charge is 0.142 e. The van der Waals surface area contributed by atoms with Crippen molar-refractivity contribution >= 4 is 17.1 Å². The van der Waals surface area contributed by atoms with Crippen molar-refractivity contribution < 1.29 is 4.74 Å². The Morgan fingerprint density at radius 1 is 1.06 bits per heavy atom. The monoisotopic (exact) mass is 242 g/mol. The van der Waals surface area contributed by atoms with E-state index in [-0.39, 0.29) is 0 Å². The third-order valence-corrected chi connectivity index (χ3v) is 2.91. The Bertz CT molecular complexity index is 564. The van der Waals surface area contributed by atoms with Crippen molar-refractivity contribution in [3.63, 3.8) is 0 Å². The van der Waals surface area contributed by atoms with Crippen LogP contribution in [0.1, 0.15) is 11.1 Å². The number of nitrogens with two attached hydrogens (primary N) is 1. The quantitative estimate of drug-likeness (QED) is 0.808. The number of methoxy groups -OCH3 is 1. The number of nitrogens with one attached hydrogen (secondary N) is 1. The van der Waals surface area contributed by atoms with Gasteiger partial charge in [-0.15, -0.1) is 0 Å². The molecule has 2 rings (SSSR count). The lowest BCUT2D eigenvalue weighted by molar-refractivity contribution is 0.416. The Balaban J connectivity index is 2.33. The highest BCUT2D eigenvalue weighted by molar-refractivity contribution is 5.70. The summed E-state index contributed by atoms with van der Waals surface area (Å²) in [6.07, 6.45) is 0. The van der Waals surface area contributed by atoms with E-state index in [0.29, 0.717) is 0 Å².